The van der Waals surface area contributed by atoms with Gasteiger partial charge in [0.25, 0.3) is 0 Å². The molecular formula is C9H13F2N2O12P3S. The van der Waals surface area contributed by atoms with Gasteiger partial charge in [-0.25, -0.2) is 27.3 Å². The molecule has 1 saturated heterocycles. The quantitative estimate of drug-likeness (QED) is 0.251. The van der Waals surface area contributed by atoms with Crippen molar-refractivity contribution in [1.29, 1.82) is 0 Å². The summed E-state index contributed by atoms with van der Waals surface area (Å²) in [6.45, 7) is -1.37. The van der Waals surface area contributed by atoms with Crippen molar-refractivity contribution in [2.24, 2.45) is 0 Å². The number of halogens is 2. The molecule has 2 rings (SSSR count). The Morgan fingerprint density at radius 3 is 2.48 bits per heavy atom. The lowest BCUT2D eigenvalue weighted by atomic mass is 10.2. The first-order valence-corrected chi connectivity index (χ1v) is 12.1. The van der Waals surface area contributed by atoms with E-state index in [9.17, 15) is 32.2 Å². The summed E-state index contributed by atoms with van der Waals surface area (Å²) in [4.78, 5) is 48.9. The molecule has 1 aromatic rings. The molecule has 20 heteroatoms. The summed E-state index contributed by atoms with van der Waals surface area (Å²) < 4.78 is 77.6. The third-order valence-corrected chi connectivity index (χ3v) is 7.29. The average molecular weight is 504 g/mol. The van der Waals surface area contributed by atoms with E-state index in [1.165, 1.54) is 0 Å². The average Bonchev–Trinajstić information content (AvgIpc) is 2.88. The predicted molar refractivity (Wildman–Crippen MR) is 88.9 cm³/mol. The number of nitrogens with zero attached hydrogens (tertiary/aromatic N) is 1. The lowest BCUT2D eigenvalue weighted by Crippen LogP contribution is -2.32. The molecule has 29 heavy (non-hydrogen) atoms. The molecule has 0 aliphatic carbocycles. The molecule has 2 heterocycles. The van der Waals surface area contributed by atoms with Gasteiger partial charge in [-0.3, -0.25) is 14.1 Å². The van der Waals surface area contributed by atoms with Gasteiger partial charge in [-0.05, 0) is 6.42 Å². The summed E-state index contributed by atoms with van der Waals surface area (Å²) in [6.07, 6.45) is -1.41. The van der Waals surface area contributed by atoms with Crippen LogP contribution in [0.4, 0.5) is 8.78 Å². The van der Waals surface area contributed by atoms with Crippen molar-refractivity contribution in [3.63, 3.8) is 0 Å². The molecule has 0 amide bonds. The largest absolute Gasteiger partial charge is 0.490 e. The number of aromatic nitrogens is 2. The maximum Gasteiger partial charge on any atom is 0.490 e. The Bertz CT molecular complexity index is 1040. The maximum absolute atomic E-state index is 14.6. The molecule has 1 aliphatic heterocycles. The van der Waals surface area contributed by atoms with Gasteiger partial charge < -0.3 is 24.3 Å². The van der Waals surface area contributed by atoms with Crippen molar-refractivity contribution in [2.45, 2.75) is 24.9 Å². The summed E-state index contributed by atoms with van der Waals surface area (Å²) in [7, 11) is -16.9. The highest BCUT2D eigenvalue weighted by Gasteiger charge is 2.46. The Morgan fingerprint density at radius 1 is 1.28 bits per heavy atom. The molecule has 0 bridgehead atoms. The van der Waals surface area contributed by atoms with Gasteiger partial charge >= 0.3 is 29.2 Å². The number of aromatic amines is 1. The minimum atomic E-state index is -5.76. The fourth-order valence-electron chi connectivity index (χ4n) is 2.16. The summed E-state index contributed by atoms with van der Waals surface area (Å²) in [5.41, 5.74) is -0.918. The molecular weight excluding hydrogens is 491 g/mol. The van der Waals surface area contributed by atoms with Crippen molar-refractivity contribution >= 4 is 35.7 Å². The molecule has 2 unspecified atom stereocenters. The van der Waals surface area contributed by atoms with E-state index in [-0.39, 0.29) is 6.42 Å². The van der Waals surface area contributed by atoms with Crippen LogP contribution in [-0.2, 0) is 31.6 Å². The first-order valence-electron chi connectivity index (χ1n) is 7.17. The fraction of sp³-hybridized carbons (Fsp3) is 0.556. The van der Waals surface area contributed by atoms with Crippen molar-refractivity contribution in [1.82, 2.24) is 9.55 Å². The van der Waals surface area contributed by atoms with Crippen molar-refractivity contribution in [3.8, 4) is 0 Å². The number of nitrogens with one attached hydrogen (secondary N) is 1. The van der Waals surface area contributed by atoms with Gasteiger partial charge in [-0.2, -0.15) is 8.62 Å². The van der Waals surface area contributed by atoms with Gasteiger partial charge in [0, 0.05) is 6.42 Å². The summed E-state index contributed by atoms with van der Waals surface area (Å²) >= 11 is 4.52. The molecule has 0 aromatic carbocycles. The molecule has 1 aliphatic rings. The molecule has 1 fully saturated rings. The third kappa shape index (κ3) is 7.21. The van der Waals surface area contributed by atoms with Crippen LogP contribution in [0.2, 0.25) is 0 Å². The van der Waals surface area contributed by atoms with Gasteiger partial charge in [0.1, 0.15) is 17.5 Å². The van der Waals surface area contributed by atoms with Crippen molar-refractivity contribution in [3.05, 3.63) is 27.1 Å². The lowest BCUT2D eigenvalue weighted by Gasteiger charge is -2.23. The zero-order valence-electron chi connectivity index (χ0n) is 13.8. The fourth-order valence-corrected chi connectivity index (χ4v) is 5.35. The first kappa shape index (κ1) is 24.6. The Morgan fingerprint density at radius 2 is 1.90 bits per heavy atom. The second-order valence-corrected chi connectivity index (χ2v) is 10.3. The SMILES string of the molecule is O=c1[nH]c(=S)c(F)cn1[C@H]1CC[C@@](F)(COP(=O)(O)OP(=O)(O)OP(=O)(O)O)O1. The van der Waals surface area contributed by atoms with Crippen molar-refractivity contribution < 1.29 is 59.9 Å². The number of H-pyrrole nitrogens is 1. The molecule has 5 N–H and O–H groups in total. The van der Waals surface area contributed by atoms with E-state index >= 15 is 0 Å². The zero-order chi connectivity index (χ0) is 22.3. The topological polar surface area (TPSA) is 207 Å². The van der Waals surface area contributed by atoms with E-state index in [4.69, 9.17) is 19.4 Å². The Hall–Kier alpha value is -0.670. The Balaban J connectivity index is 2.04. The van der Waals surface area contributed by atoms with Crippen LogP contribution in [0.25, 0.3) is 0 Å². The van der Waals surface area contributed by atoms with E-state index in [0.29, 0.717) is 10.8 Å². The van der Waals surface area contributed by atoms with E-state index in [0.717, 1.165) is 0 Å². The second kappa shape index (κ2) is 8.46. The van der Waals surface area contributed by atoms with E-state index in [1.54, 1.807) is 0 Å². The molecule has 166 valence electrons. The number of rotatable bonds is 8. The minimum absolute atomic E-state index is 0.208. The number of phosphoric acid groups is 3. The van der Waals surface area contributed by atoms with Crippen LogP contribution in [0.3, 0.4) is 0 Å². The van der Waals surface area contributed by atoms with Gasteiger partial charge in [0.15, 0.2) is 5.82 Å². The van der Waals surface area contributed by atoms with Gasteiger partial charge in [-0.15, -0.1) is 0 Å². The van der Waals surface area contributed by atoms with Crippen LogP contribution >= 0.6 is 35.7 Å². The highest BCUT2D eigenvalue weighted by atomic mass is 32.1. The number of phosphoric ester groups is 1. The molecule has 0 spiro atoms. The predicted octanol–water partition coefficient (Wildman–Crippen LogP) is 1.36. The number of hydrogen-bond acceptors (Lipinski definition) is 9. The van der Waals surface area contributed by atoms with Gasteiger partial charge in [0.05, 0.1) is 6.20 Å². The van der Waals surface area contributed by atoms with Crippen LogP contribution in [0, 0.1) is 10.5 Å². The normalized spacial score (nSPS) is 26.8. The molecule has 4 atom stereocenters. The smallest absolute Gasteiger partial charge is 0.320 e. The summed E-state index contributed by atoms with van der Waals surface area (Å²) in [6, 6.07) is 0. The first-order chi connectivity index (χ1) is 13.0. The van der Waals surface area contributed by atoms with Crippen LogP contribution in [-0.4, -0.2) is 41.6 Å². The highest BCUT2D eigenvalue weighted by molar-refractivity contribution is 7.71. The third-order valence-electron chi connectivity index (χ3n) is 3.21. The summed E-state index contributed by atoms with van der Waals surface area (Å²) in [5.74, 6) is -3.80. The molecule has 0 radical (unpaired) electrons. The zero-order valence-corrected chi connectivity index (χ0v) is 17.3. The van der Waals surface area contributed by atoms with E-state index < -0.39 is 64.7 Å². The Kier molecular flexibility index (Phi) is 7.17. The maximum atomic E-state index is 14.6. The monoisotopic (exact) mass is 504 g/mol. The number of ether oxygens (including phenoxy) is 1. The molecule has 14 nitrogen and oxygen atoms in total. The number of alkyl halides is 1. The van der Waals surface area contributed by atoms with Crippen LogP contribution in [0.5, 0.6) is 0 Å². The Labute approximate surface area is 164 Å². The van der Waals surface area contributed by atoms with E-state index in [2.05, 4.69) is 25.4 Å². The van der Waals surface area contributed by atoms with Crippen LogP contribution in [0.15, 0.2) is 11.0 Å². The highest BCUT2D eigenvalue weighted by Crippen LogP contribution is 2.66. The van der Waals surface area contributed by atoms with Crippen LogP contribution < -0.4 is 5.69 Å². The minimum Gasteiger partial charge on any atom is -0.320 e. The second-order valence-electron chi connectivity index (χ2n) is 5.50. The number of hydrogen-bond donors (Lipinski definition) is 5. The lowest BCUT2D eigenvalue weighted by molar-refractivity contribution is -0.175. The standard InChI is InChI=1S/C9H13F2N2O12P3S/c10-5-3-13(8(14)12-7(5)29)6-1-2-9(11,23-6)4-22-27(18,19)25-28(20,21)24-26(15,16)17/h3,6H,1-2,4H2,(H,18,19)(H,20,21)(H,12,14,29)(H2,15,16,17)/t6-,9+/m1/s1. The molecule has 0 saturated carbocycles. The van der Waals surface area contributed by atoms with Crippen LogP contribution in [0.1, 0.15) is 19.1 Å². The summed E-state index contributed by atoms with van der Waals surface area (Å²) in [5, 5.41) is 0. The van der Waals surface area contributed by atoms with Gasteiger partial charge in [0.2, 0.25) is 5.85 Å². The van der Waals surface area contributed by atoms with Gasteiger partial charge in [-0.1, -0.05) is 12.2 Å². The van der Waals surface area contributed by atoms with E-state index in [1.807, 2.05) is 4.98 Å². The van der Waals surface area contributed by atoms with Crippen molar-refractivity contribution in [2.75, 3.05) is 6.61 Å². The molecule has 1 aromatic heterocycles.